The molecule has 4 heteroatoms. The van der Waals surface area contributed by atoms with Gasteiger partial charge in [-0.3, -0.25) is 4.79 Å². The van der Waals surface area contributed by atoms with Crippen LogP contribution in [0.25, 0.3) is 0 Å². The fourth-order valence-corrected chi connectivity index (χ4v) is 1.74. The van der Waals surface area contributed by atoms with E-state index in [1.54, 1.807) is 6.07 Å². The van der Waals surface area contributed by atoms with Crippen LogP contribution in [0.1, 0.15) is 23.1 Å². The van der Waals surface area contributed by atoms with E-state index in [0.717, 1.165) is 11.1 Å². The number of carboxylic acid groups (broad SMARTS) is 1. The van der Waals surface area contributed by atoms with Crippen molar-refractivity contribution in [1.29, 1.82) is 0 Å². The zero-order valence-electron chi connectivity index (χ0n) is 8.67. The van der Waals surface area contributed by atoms with Crippen molar-refractivity contribution >= 4 is 17.6 Å². The van der Waals surface area contributed by atoms with Gasteiger partial charge in [0.05, 0.1) is 5.02 Å². The van der Waals surface area contributed by atoms with Crippen molar-refractivity contribution in [2.24, 2.45) is 0 Å². The number of hydrogen-bond acceptors (Lipinski definition) is 2. The van der Waals surface area contributed by atoms with E-state index in [2.05, 4.69) is 0 Å². The van der Waals surface area contributed by atoms with Gasteiger partial charge in [0, 0.05) is 6.42 Å². The second kappa shape index (κ2) is 4.53. The average Bonchev–Trinajstić information content (AvgIpc) is 2.14. The van der Waals surface area contributed by atoms with Gasteiger partial charge in [-0.2, -0.15) is 0 Å². The van der Waals surface area contributed by atoms with E-state index in [1.165, 1.54) is 0 Å². The molecule has 0 spiro atoms. The highest BCUT2D eigenvalue weighted by atomic mass is 35.5. The van der Waals surface area contributed by atoms with Gasteiger partial charge in [-0.15, -0.1) is 0 Å². The summed E-state index contributed by atoms with van der Waals surface area (Å²) < 4.78 is 0. The molecule has 0 aliphatic rings. The van der Waals surface area contributed by atoms with Gasteiger partial charge in [0.25, 0.3) is 0 Å². The highest BCUT2D eigenvalue weighted by Gasteiger charge is 2.12. The Hall–Kier alpha value is -1.22. The summed E-state index contributed by atoms with van der Waals surface area (Å²) in [4.78, 5) is 10.5. The van der Waals surface area contributed by atoms with Crippen molar-refractivity contribution in [2.45, 2.75) is 26.7 Å². The van der Waals surface area contributed by atoms with Crippen molar-refractivity contribution in [1.82, 2.24) is 0 Å². The summed E-state index contributed by atoms with van der Waals surface area (Å²) in [5, 5.41) is 18.5. The van der Waals surface area contributed by atoms with Crippen LogP contribution in [0.4, 0.5) is 0 Å². The molecule has 1 aromatic rings. The summed E-state index contributed by atoms with van der Waals surface area (Å²) in [6, 6.07) is 1.68. The lowest BCUT2D eigenvalue weighted by molar-refractivity contribution is -0.136. The highest BCUT2D eigenvalue weighted by molar-refractivity contribution is 6.32. The number of phenols is 1. The third-order valence-corrected chi connectivity index (χ3v) is 2.78. The van der Waals surface area contributed by atoms with Crippen molar-refractivity contribution in [3.8, 4) is 5.75 Å². The lowest BCUT2D eigenvalue weighted by atomic mass is 9.98. The molecule has 1 aromatic carbocycles. The Kier molecular flexibility index (Phi) is 3.58. The van der Waals surface area contributed by atoms with E-state index in [0.29, 0.717) is 12.0 Å². The van der Waals surface area contributed by atoms with E-state index in [4.69, 9.17) is 16.7 Å². The van der Waals surface area contributed by atoms with E-state index in [9.17, 15) is 9.90 Å². The van der Waals surface area contributed by atoms with Gasteiger partial charge in [0.2, 0.25) is 0 Å². The van der Waals surface area contributed by atoms with Crippen molar-refractivity contribution < 1.29 is 15.0 Å². The number of benzene rings is 1. The van der Waals surface area contributed by atoms with E-state index < -0.39 is 5.97 Å². The Morgan fingerprint density at radius 3 is 2.60 bits per heavy atom. The number of phenolic OH excluding ortho intramolecular Hbond substituents is 1. The second-order valence-electron chi connectivity index (χ2n) is 3.52. The normalized spacial score (nSPS) is 10.3. The largest absolute Gasteiger partial charge is 0.506 e. The maximum absolute atomic E-state index is 10.5. The lowest BCUT2D eigenvalue weighted by Crippen LogP contribution is -2.00. The molecule has 0 bridgehead atoms. The first-order valence-corrected chi connectivity index (χ1v) is 5.00. The van der Waals surface area contributed by atoms with Crippen LogP contribution in [0.2, 0.25) is 5.02 Å². The van der Waals surface area contributed by atoms with Gasteiger partial charge in [-0.05, 0) is 43.0 Å². The average molecular weight is 229 g/mol. The monoisotopic (exact) mass is 228 g/mol. The molecular weight excluding hydrogens is 216 g/mol. The Morgan fingerprint density at radius 1 is 1.47 bits per heavy atom. The van der Waals surface area contributed by atoms with Crippen LogP contribution in [0, 0.1) is 13.8 Å². The van der Waals surface area contributed by atoms with Crippen LogP contribution in [-0.2, 0) is 11.2 Å². The number of hydrogen-bond donors (Lipinski definition) is 2. The summed E-state index contributed by atoms with van der Waals surface area (Å²) in [5.41, 5.74) is 2.48. The first-order valence-electron chi connectivity index (χ1n) is 4.62. The molecule has 0 amide bonds. The number of carboxylic acids is 1. The molecule has 0 unspecified atom stereocenters. The molecule has 82 valence electrons. The quantitative estimate of drug-likeness (QED) is 0.836. The Balaban J connectivity index is 3.09. The number of halogens is 1. The first kappa shape index (κ1) is 11.9. The van der Waals surface area contributed by atoms with Crippen molar-refractivity contribution in [3.63, 3.8) is 0 Å². The summed E-state index contributed by atoms with van der Waals surface area (Å²) >= 11 is 5.81. The summed E-state index contributed by atoms with van der Waals surface area (Å²) in [5.74, 6) is -0.882. The molecule has 0 saturated carbocycles. The third kappa shape index (κ3) is 2.63. The molecule has 0 aliphatic carbocycles. The second-order valence-corrected chi connectivity index (χ2v) is 3.93. The lowest BCUT2D eigenvalue weighted by Gasteiger charge is -2.11. The number of carbonyl (C=O) groups is 1. The molecule has 0 heterocycles. The minimum absolute atomic E-state index is 0.000941. The van der Waals surface area contributed by atoms with Crippen LogP contribution in [0.3, 0.4) is 0 Å². The van der Waals surface area contributed by atoms with Crippen molar-refractivity contribution in [2.75, 3.05) is 0 Å². The molecular formula is C11H13ClO3. The molecule has 0 atom stereocenters. The van der Waals surface area contributed by atoms with E-state index in [1.807, 2.05) is 13.8 Å². The topological polar surface area (TPSA) is 57.5 Å². The van der Waals surface area contributed by atoms with Crippen molar-refractivity contribution in [3.05, 3.63) is 27.8 Å². The zero-order chi connectivity index (χ0) is 11.6. The van der Waals surface area contributed by atoms with Crippen LogP contribution in [-0.4, -0.2) is 16.2 Å². The predicted molar refractivity (Wildman–Crippen MR) is 58.5 cm³/mol. The number of aryl methyl sites for hydroxylation is 1. The summed E-state index contributed by atoms with van der Waals surface area (Å²) in [6.07, 6.45) is 0.294. The maximum atomic E-state index is 10.5. The fourth-order valence-electron chi connectivity index (χ4n) is 1.46. The Bertz CT molecular complexity index is 373. The maximum Gasteiger partial charge on any atom is 0.303 e. The molecule has 0 aromatic heterocycles. The van der Waals surface area contributed by atoms with Gasteiger partial charge >= 0.3 is 5.97 Å². The molecule has 1 rings (SSSR count). The smallest absolute Gasteiger partial charge is 0.303 e. The Morgan fingerprint density at radius 2 is 2.07 bits per heavy atom. The first-order chi connectivity index (χ1) is 6.93. The predicted octanol–water partition coefficient (Wildman–Crippen LogP) is 2.68. The van der Waals surface area contributed by atoms with Crippen LogP contribution < -0.4 is 0 Å². The van der Waals surface area contributed by atoms with Gasteiger partial charge < -0.3 is 10.2 Å². The Labute approximate surface area is 93.3 Å². The molecule has 0 saturated heterocycles. The molecule has 3 nitrogen and oxygen atoms in total. The van der Waals surface area contributed by atoms with E-state index in [-0.39, 0.29) is 17.2 Å². The standard InChI is InChI=1S/C11H13ClO3/c1-6-5-9(12)11(15)8(7(6)2)3-4-10(13)14/h5,15H,3-4H2,1-2H3,(H,13,14). The SMILES string of the molecule is Cc1cc(Cl)c(O)c(CCC(=O)O)c1C. The van der Waals surface area contributed by atoms with Crippen LogP contribution in [0.15, 0.2) is 6.07 Å². The number of aliphatic carboxylic acids is 1. The summed E-state index contributed by atoms with van der Waals surface area (Å²) in [6.45, 7) is 3.73. The van der Waals surface area contributed by atoms with Crippen LogP contribution >= 0.6 is 11.6 Å². The molecule has 15 heavy (non-hydrogen) atoms. The number of aromatic hydroxyl groups is 1. The zero-order valence-corrected chi connectivity index (χ0v) is 9.43. The van der Waals surface area contributed by atoms with E-state index >= 15 is 0 Å². The van der Waals surface area contributed by atoms with Gasteiger partial charge in [-0.25, -0.2) is 0 Å². The minimum atomic E-state index is -0.883. The van der Waals surface area contributed by atoms with Crippen LogP contribution in [0.5, 0.6) is 5.75 Å². The fraction of sp³-hybridized carbons (Fsp3) is 0.364. The minimum Gasteiger partial charge on any atom is -0.506 e. The third-order valence-electron chi connectivity index (χ3n) is 2.49. The molecule has 0 aliphatic heterocycles. The van der Waals surface area contributed by atoms with Gasteiger partial charge in [0.15, 0.2) is 0 Å². The summed E-state index contributed by atoms with van der Waals surface area (Å²) in [7, 11) is 0. The van der Waals surface area contributed by atoms with Gasteiger partial charge in [0.1, 0.15) is 5.75 Å². The highest BCUT2D eigenvalue weighted by Crippen LogP contribution is 2.32. The molecule has 0 fully saturated rings. The molecule has 2 N–H and O–H groups in total. The number of rotatable bonds is 3. The molecule has 0 radical (unpaired) electrons. The van der Waals surface area contributed by atoms with Gasteiger partial charge in [-0.1, -0.05) is 11.6 Å².